The molecule has 0 radical (unpaired) electrons. The van der Waals surface area contributed by atoms with Gasteiger partial charge in [0.2, 0.25) is 21.9 Å². The van der Waals surface area contributed by atoms with Gasteiger partial charge in [0, 0.05) is 54.2 Å². The number of imidazole rings is 2. The van der Waals surface area contributed by atoms with Crippen LogP contribution in [0.4, 0.5) is 11.9 Å². The zero-order chi connectivity index (χ0) is 40.4. The maximum absolute atomic E-state index is 12.7. The van der Waals surface area contributed by atoms with Crippen LogP contribution in [0.2, 0.25) is 0 Å². The summed E-state index contributed by atoms with van der Waals surface area (Å²) < 4.78 is 31.8. The first-order valence-corrected chi connectivity index (χ1v) is 22.9. The second kappa shape index (κ2) is 17.4. The number of fused-ring (bicyclic) bond motifs is 2. The largest absolute Gasteiger partial charge is 0.351 e. The van der Waals surface area contributed by atoms with Crippen molar-refractivity contribution in [3.63, 3.8) is 0 Å². The fourth-order valence-corrected chi connectivity index (χ4v) is 10.1. The number of nitrogens with zero attached hydrogens (tertiary/aromatic N) is 9. The van der Waals surface area contributed by atoms with Gasteiger partial charge in [-0.3, -0.25) is 18.3 Å². The van der Waals surface area contributed by atoms with Crippen molar-refractivity contribution in [1.29, 1.82) is 0 Å². The molecule has 2 N–H and O–H groups in total. The van der Waals surface area contributed by atoms with Crippen LogP contribution in [0, 0.1) is 11.3 Å². The molecule has 4 aromatic heterocycles. The molecule has 0 atom stereocenters. The first-order chi connectivity index (χ1) is 26.7. The van der Waals surface area contributed by atoms with Crippen LogP contribution in [0.1, 0.15) is 139 Å². The van der Waals surface area contributed by atoms with E-state index in [0.717, 1.165) is 74.0 Å². The number of anilines is 2. The van der Waals surface area contributed by atoms with Gasteiger partial charge in [0.25, 0.3) is 0 Å². The minimum absolute atomic E-state index is 0. The van der Waals surface area contributed by atoms with Crippen molar-refractivity contribution in [1.82, 2.24) is 42.5 Å². The van der Waals surface area contributed by atoms with Crippen molar-refractivity contribution in [2.24, 2.45) is 25.4 Å². The third kappa shape index (κ3) is 9.00. The van der Waals surface area contributed by atoms with Gasteiger partial charge in [0.05, 0.1) is 18.6 Å². The molecule has 3 saturated carbocycles. The summed E-state index contributed by atoms with van der Waals surface area (Å²) in [7, 11) is 0.443. The molecule has 0 aromatic carbocycles. The molecule has 0 unspecified atom stereocenters. The van der Waals surface area contributed by atoms with E-state index in [1.165, 1.54) is 36.2 Å². The van der Waals surface area contributed by atoms with Crippen molar-refractivity contribution in [2.75, 3.05) is 30.0 Å². The Kier molecular flexibility index (Phi) is 13.0. The quantitative estimate of drug-likeness (QED) is 0.202. The topological polar surface area (TPSA) is 167 Å². The Hall–Kier alpha value is -3.79. The van der Waals surface area contributed by atoms with Gasteiger partial charge in [-0.25, -0.2) is 32.3 Å². The Morgan fingerprint density at radius 1 is 0.661 bits per heavy atom. The highest BCUT2D eigenvalue weighted by molar-refractivity contribution is 7.88. The van der Waals surface area contributed by atoms with Gasteiger partial charge in [-0.15, -0.1) is 0 Å². The number of sulfonamides is 1. The normalized spacial score (nSPS) is 21.9. The van der Waals surface area contributed by atoms with Crippen LogP contribution in [-0.4, -0.2) is 82.4 Å². The lowest BCUT2D eigenvalue weighted by molar-refractivity contribution is 0.173. The molecule has 5 heterocycles. The van der Waals surface area contributed by atoms with Gasteiger partial charge in [-0.05, 0) is 75.5 Å². The van der Waals surface area contributed by atoms with Crippen LogP contribution in [0.5, 0.6) is 0 Å². The van der Waals surface area contributed by atoms with Crippen molar-refractivity contribution in [3.8, 4) is 0 Å². The highest BCUT2D eigenvalue weighted by atomic mass is 32.2. The van der Waals surface area contributed by atoms with E-state index in [4.69, 9.17) is 4.98 Å². The lowest BCUT2D eigenvalue weighted by atomic mass is 9.71. The smallest absolute Gasteiger partial charge is 0.330 e. The Labute approximate surface area is 334 Å². The lowest BCUT2D eigenvalue weighted by Crippen LogP contribution is -2.42. The van der Waals surface area contributed by atoms with Crippen molar-refractivity contribution >= 4 is 44.2 Å². The van der Waals surface area contributed by atoms with Crippen LogP contribution >= 0.6 is 0 Å². The highest BCUT2D eigenvalue weighted by Crippen LogP contribution is 2.38. The molecule has 15 nitrogen and oxygen atoms in total. The summed E-state index contributed by atoms with van der Waals surface area (Å²) in [6.45, 7) is 12.0. The number of hydrogen-bond acceptors (Lipinski definition) is 10. The standard InChI is InChI=1S/C21H33N5O.C17H26N6O3S.C2H6.2H2/c1-21(2,3)14-9-11-15(12-10-14)23-19-22-13-17-18(24-19)26(20(27)25(17)4)16-7-5-6-8-16;1-21-14-11-18-16(19-12-7-9-22(10-8-12)27(2,25)26)20-15(14)23(17(21)24)13-5-3-4-6-13;1-2;;/h13-16H,5-12H2,1-4H3,(H,22,23,24);11-13H,3-10H2,1-2H3,(H,18,19,20);1-2H3;2*1H. The van der Waals surface area contributed by atoms with Crippen molar-refractivity contribution in [3.05, 3.63) is 33.4 Å². The van der Waals surface area contributed by atoms with Crippen molar-refractivity contribution < 1.29 is 11.3 Å². The third-order valence-corrected chi connectivity index (χ3v) is 13.9. The Morgan fingerprint density at radius 3 is 1.43 bits per heavy atom. The summed E-state index contributed by atoms with van der Waals surface area (Å²) >= 11 is 0. The van der Waals surface area contributed by atoms with E-state index in [9.17, 15) is 18.0 Å². The Morgan fingerprint density at radius 2 is 1.05 bits per heavy atom. The summed E-state index contributed by atoms with van der Waals surface area (Å²) in [6.07, 6.45) is 19.8. The van der Waals surface area contributed by atoms with E-state index in [2.05, 4.69) is 46.4 Å². The molecule has 1 aliphatic heterocycles. The molecule has 8 rings (SSSR count). The second-order valence-electron chi connectivity index (χ2n) is 17.2. The maximum Gasteiger partial charge on any atom is 0.330 e. The summed E-state index contributed by atoms with van der Waals surface area (Å²) in [5, 5.41) is 6.87. The van der Waals surface area contributed by atoms with Gasteiger partial charge in [-0.2, -0.15) is 9.97 Å². The lowest BCUT2D eigenvalue weighted by Gasteiger charge is -2.37. The van der Waals surface area contributed by atoms with E-state index in [0.29, 0.717) is 54.9 Å². The molecule has 4 fully saturated rings. The minimum Gasteiger partial charge on any atom is -0.351 e. The predicted molar refractivity (Wildman–Crippen MR) is 228 cm³/mol. The predicted octanol–water partition coefficient (Wildman–Crippen LogP) is 6.86. The molecular weight excluding hydrogens is 731 g/mol. The Balaban J connectivity index is 0.000000238. The van der Waals surface area contributed by atoms with E-state index >= 15 is 0 Å². The fraction of sp³-hybridized carbons (Fsp3) is 0.750. The number of hydrogen-bond donors (Lipinski definition) is 2. The van der Waals surface area contributed by atoms with E-state index in [-0.39, 0.29) is 32.4 Å². The van der Waals surface area contributed by atoms with Gasteiger partial charge in [-0.1, -0.05) is 60.3 Å². The molecule has 0 bridgehead atoms. The molecule has 0 amide bonds. The number of aromatic nitrogens is 8. The number of rotatable bonds is 7. The minimum atomic E-state index is -3.13. The molecule has 3 aliphatic carbocycles. The van der Waals surface area contributed by atoms with E-state index in [1.807, 2.05) is 30.0 Å². The second-order valence-corrected chi connectivity index (χ2v) is 19.2. The fourth-order valence-electron chi connectivity index (χ4n) is 9.19. The maximum atomic E-state index is 12.7. The average molecular weight is 800 g/mol. The molecule has 314 valence electrons. The van der Waals surface area contributed by atoms with Crippen LogP contribution in [0.3, 0.4) is 0 Å². The monoisotopic (exact) mass is 800 g/mol. The summed E-state index contributed by atoms with van der Waals surface area (Å²) in [6, 6.07) is 1.04. The van der Waals surface area contributed by atoms with Crippen LogP contribution in [0.15, 0.2) is 22.0 Å². The van der Waals surface area contributed by atoms with Crippen LogP contribution < -0.4 is 22.0 Å². The highest BCUT2D eigenvalue weighted by Gasteiger charge is 2.31. The first-order valence-electron chi connectivity index (χ1n) is 21.0. The average Bonchev–Trinajstić information content (AvgIpc) is 3.98. The summed E-state index contributed by atoms with van der Waals surface area (Å²) in [4.78, 5) is 43.8. The molecule has 0 spiro atoms. The molecule has 4 aliphatic rings. The van der Waals surface area contributed by atoms with Gasteiger partial charge >= 0.3 is 11.4 Å². The molecule has 16 heteroatoms. The zero-order valence-electron chi connectivity index (χ0n) is 34.9. The van der Waals surface area contributed by atoms with E-state index < -0.39 is 10.0 Å². The van der Waals surface area contributed by atoms with Gasteiger partial charge < -0.3 is 10.6 Å². The van der Waals surface area contributed by atoms with E-state index in [1.54, 1.807) is 28.6 Å². The molecule has 56 heavy (non-hydrogen) atoms. The molecular formula is C40H69N11O4S. The van der Waals surface area contributed by atoms with Crippen molar-refractivity contribution in [2.45, 2.75) is 149 Å². The van der Waals surface area contributed by atoms with Crippen LogP contribution in [0.25, 0.3) is 22.3 Å². The number of piperidine rings is 1. The van der Waals surface area contributed by atoms with Gasteiger partial charge in [0.1, 0.15) is 11.0 Å². The SMILES string of the molecule is CC.Cn1c(=O)n(C2CCCC2)c2nc(NC3CCC(C(C)(C)C)CC3)ncc21.Cn1c(=O)n(C2CCCC2)c2nc(NC3CCN(S(C)(=O)=O)CC3)ncc21.[HH].[HH]. The first kappa shape index (κ1) is 41.8. The summed E-state index contributed by atoms with van der Waals surface area (Å²) in [5.41, 5.74) is 3.43. The van der Waals surface area contributed by atoms with Crippen LogP contribution in [-0.2, 0) is 24.1 Å². The zero-order valence-corrected chi connectivity index (χ0v) is 35.7. The Bertz CT molecular complexity index is 2180. The van der Waals surface area contributed by atoms with Gasteiger partial charge in [0.15, 0.2) is 11.3 Å². The number of nitrogens with one attached hydrogen (secondary N) is 2. The summed E-state index contributed by atoms with van der Waals surface area (Å²) in [5.74, 6) is 1.96. The third-order valence-electron chi connectivity index (χ3n) is 12.6. The number of aryl methyl sites for hydroxylation is 2. The molecule has 4 aromatic rings. The molecule has 1 saturated heterocycles.